The first-order chi connectivity index (χ1) is 9.32. The van der Waals surface area contributed by atoms with Gasteiger partial charge in [-0.1, -0.05) is 33.6 Å². The number of rotatable bonds is 3. The smallest absolute Gasteiger partial charge is 0.271 e. The molecule has 2 nitrogen and oxygen atoms in total. The summed E-state index contributed by atoms with van der Waals surface area (Å²) in [5.74, 6) is 5.46. The molecule has 2 aromatic rings. The summed E-state index contributed by atoms with van der Waals surface area (Å²) < 4.78 is 39.3. The van der Waals surface area contributed by atoms with Crippen LogP contribution in [0.4, 0.5) is 13.2 Å². The van der Waals surface area contributed by atoms with Gasteiger partial charge in [-0.25, -0.2) is 5.43 Å². The molecule has 1 atom stereocenters. The third-order valence-electron chi connectivity index (χ3n) is 2.67. The van der Waals surface area contributed by atoms with Crippen molar-refractivity contribution < 1.29 is 13.2 Å². The van der Waals surface area contributed by atoms with Gasteiger partial charge < -0.3 is 0 Å². The van der Waals surface area contributed by atoms with Crippen LogP contribution in [0.15, 0.2) is 34.8 Å². The van der Waals surface area contributed by atoms with Crippen molar-refractivity contribution in [3.63, 3.8) is 0 Å². The average Bonchev–Trinajstić information content (AvgIpc) is 2.77. The van der Waals surface area contributed by atoms with Gasteiger partial charge >= 0.3 is 6.18 Å². The fraction of sp³-hybridized carbons (Fsp3) is 0.167. The highest BCUT2D eigenvalue weighted by molar-refractivity contribution is 9.10. The molecular weight excluding hydrogens is 377 g/mol. The zero-order valence-corrected chi connectivity index (χ0v) is 13.0. The molecule has 108 valence electrons. The third kappa shape index (κ3) is 3.35. The molecule has 2 rings (SSSR count). The monoisotopic (exact) mass is 384 g/mol. The van der Waals surface area contributed by atoms with E-state index in [1.807, 2.05) is 0 Å². The Bertz CT molecular complexity index is 615. The molecule has 3 N–H and O–H groups in total. The normalized spacial score (nSPS) is 13.5. The van der Waals surface area contributed by atoms with Gasteiger partial charge in [0.25, 0.3) is 0 Å². The fourth-order valence-corrected chi connectivity index (χ4v) is 3.39. The molecule has 1 heterocycles. The standard InChI is InChI=1S/C12H9BrClF3N2S/c13-8-2-1-6(5-7(8)12(15,16)17)11(19-18)9-3-4-10(14)20-9/h1-5,11,19H,18H2. The second-order valence-corrected chi connectivity index (χ2v) is 6.58. The van der Waals surface area contributed by atoms with Crippen LogP contribution in [0.25, 0.3) is 0 Å². The van der Waals surface area contributed by atoms with Crippen LogP contribution in [-0.2, 0) is 6.18 Å². The topological polar surface area (TPSA) is 38.0 Å². The van der Waals surface area contributed by atoms with Crippen molar-refractivity contribution in [1.29, 1.82) is 0 Å². The zero-order valence-electron chi connectivity index (χ0n) is 9.84. The highest BCUT2D eigenvalue weighted by Crippen LogP contribution is 2.38. The van der Waals surface area contributed by atoms with Crippen LogP contribution >= 0.6 is 38.9 Å². The van der Waals surface area contributed by atoms with E-state index in [0.29, 0.717) is 9.90 Å². The lowest BCUT2D eigenvalue weighted by Gasteiger charge is -2.17. The quantitative estimate of drug-likeness (QED) is 0.592. The summed E-state index contributed by atoms with van der Waals surface area (Å²) in [4.78, 5) is 0.743. The Morgan fingerprint density at radius 2 is 1.95 bits per heavy atom. The highest BCUT2D eigenvalue weighted by atomic mass is 79.9. The minimum Gasteiger partial charge on any atom is -0.271 e. The number of hydrogen-bond acceptors (Lipinski definition) is 3. The van der Waals surface area contributed by atoms with Crippen LogP contribution in [0.5, 0.6) is 0 Å². The van der Waals surface area contributed by atoms with Crippen molar-refractivity contribution in [3.05, 3.63) is 55.1 Å². The molecule has 0 saturated carbocycles. The Hall–Kier alpha value is -0.600. The average molecular weight is 386 g/mol. The lowest BCUT2D eigenvalue weighted by Crippen LogP contribution is -2.28. The third-order valence-corrected chi connectivity index (χ3v) is 4.66. The van der Waals surface area contributed by atoms with Gasteiger partial charge in [0.1, 0.15) is 0 Å². The zero-order chi connectivity index (χ0) is 14.9. The van der Waals surface area contributed by atoms with Gasteiger partial charge in [-0.2, -0.15) is 13.2 Å². The van der Waals surface area contributed by atoms with Gasteiger partial charge in [-0.15, -0.1) is 11.3 Å². The maximum absolute atomic E-state index is 12.9. The van der Waals surface area contributed by atoms with Crippen molar-refractivity contribution in [1.82, 2.24) is 5.43 Å². The largest absolute Gasteiger partial charge is 0.417 e. The van der Waals surface area contributed by atoms with Crippen molar-refractivity contribution in [3.8, 4) is 0 Å². The minimum atomic E-state index is -4.43. The number of nitrogens with one attached hydrogen (secondary N) is 1. The van der Waals surface area contributed by atoms with E-state index in [4.69, 9.17) is 17.4 Å². The van der Waals surface area contributed by atoms with Crippen LogP contribution in [0, 0.1) is 0 Å². The van der Waals surface area contributed by atoms with Gasteiger partial charge in [-0.05, 0) is 29.8 Å². The molecule has 0 aliphatic carbocycles. The Balaban J connectivity index is 2.46. The minimum absolute atomic E-state index is 0.00580. The van der Waals surface area contributed by atoms with Gasteiger partial charge in [0, 0.05) is 9.35 Å². The first-order valence-electron chi connectivity index (χ1n) is 5.41. The number of hydrogen-bond donors (Lipinski definition) is 2. The Kier molecular flexibility index (Phi) is 4.76. The molecule has 0 aliphatic heterocycles. The summed E-state index contributed by atoms with van der Waals surface area (Å²) in [5.41, 5.74) is 2.20. The Morgan fingerprint density at radius 1 is 1.25 bits per heavy atom. The molecule has 0 bridgehead atoms. The predicted octanol–water partition coefficient (Wildman–Crippen LogP) is 4.74. The summed E-state index contributed by atoms with van der Waals surface area (Å²) in [6.45, 7) is 0. The Morgan fingerprint density at radius 3 is 2.45 bits per heavy atom. The highest BCUT2D eigenvalue weighted by Gasteiger charge is 2.33. The molecule has 20 heavy (non-hydrogen) atoms. The maximum Gasteiger partial charge on any atom is 0.417 e. The molecule has 8 heteroatoms. The van der Waals surface area contributed by atoms with E-state index >= 15 is 0 Å². The van der Waals surface area contributed by atoms with Crippen molar-refractivity contribution in [2.75, 3.05) is 0 Å². The maximum atomic E-state index is 12.9. The molecule has 1 aromatic heterocycles. The van der Waals surface area contributed by atoms with Gasteiger partial charge in [0.05, 0.1) is 15.9 Å². The van der Waals surface area contributed by atoms with Crippen LogP contribution in [0.3, 0.4) is 0 Å². The first-order valence-corrected chi connectivity index (χ1v) is 7.39. The van der Waals surface area contributed by atoms with Crippen LogP contribution < -0.4 is 11.3 Å². The van der Waals surface area contributed by atoms with Crippen molar-refractivity contribution in [2.24, 2.45) is 5.84 Å². The number of benzene rings is 1. The molecular formula is C12H9BrClF3N2S. The summed E-state index contributed by atoms with van der Waals surface area (Å²) in [5, 5.41) is 0. The number of thiophene rings is 1. The number of nitrogens with two attached hydrogens (primary N) is 1. The molecule has 0 amide bonds. The lowest BCUT2D eigenvalue weighted by molar-refractivity contribution is -0.138. The summed E-state index contributed by atoms with van der Waals surface area (Å²) in [6.07, 6.45) is -4.43. The van der Waals surface area contributed by atoms with E-state index in [1.54, 1.807) is 18.2 Å². The van der Waals surface area contributed by atoms with E-state index in [-0.39, 0.29) is 4.47 Å². The van der Waals surface area contributed by atoms with E-state index in [1.165, 1.54) is 17.4 Å². The van der Waals surface area contributed by atoms with Crippen LogP contribution in [0.1, 0.15) is 22.0 Å². The van der Waals surface area contributed by atoms with Gasteiger partial charge in [0.15, 0.2) is 0 Å². The molecule has 1 aromatic carbocycles. The number of hydrazine groups is 1. The van der Waals surface area contributed by atoms with Crippen molar-refractivity contribution >= 4 is 38.9 Å². The summed E-state index contributed by atoms with van der Waals surface area (Å²) in [7, 11) is 0. The van der Waals surface area contributed by atoms with Crippen LogP contribution in [-0.4, -0.2) is 0 Å². The first kappa shape index (κ1) is 15.8. The Labute approximate surface area is 130 Å². The van der Waals surface area contributed by atoms with Crippen molar-refractivity contribution in [2.45, 2.75) is 12.2 Å². The molecule has 0 aliphatic rings. The SMILES string of the molecule is NNC(c1ccc(Br)c(C(F)(F)F)c1)c1ccc(Cl)s1. The second kappa shape index (κ2) is 6.03. The molecule has 0 radical (unpaired) electrons. The number of alkyl halides is 3. The molecule has 0 fully saturated rings. The van der Waals surface area contributed by atoms with Gasteiger partial charge in [0.2, 0.25) is 0 Å². The van der Waals surface area contributed by atoms with E-state index in [0.717, 1.165) is 10.9 Å². The molecule has 0 spiro atoms. The van der Waals surface area contributed by atoms with Crippen LogP contribution in [0.2, 0.25) is 4.34 Å². The fourth-order valence-electron chi connectivity index (χ4n) is 1.77. The predicted molar refractivity (Wildman–Crippen MR) is 77.6 cm³/mol. The number of halogens is 5. The van der Waals surface area contributed by atoms with Gasteiger partial charge in [-0.3, -0.25) is 5.84 Å². The summed E-state index contributed by atoms with van der Waals surface area (Å²) in [6, 6.07) is 6.88. The van der Waals surface area contributed by atoms with E-state index < -0.39 is 17.8 Å². The lowest BCUT2D eigenvalue weighted by atomic mass is 10.0. The second-order valence-electron chi connectivity index (χ2n) is 3.98. The summed E-state index contributed by atoms with van der Waals surface area (Å²) >= 11 is 10.0. The molecule has 0 saturated heterocycles. The molecule has 1 unspecified atom stereocenters. The van der Waals surface area contributed by atoms with E-state index in [2.05, 4.69) is 21.4 Å². The van der Waals surface area contributed by atoms with E-state index in [9.17, 15) is 13.2 Å².